The van der Waals surface area contributed by atoms with E-state index in [2.05, 4.69) is 15.1 Å². The van der Waals surface area contributed by atoms with Gasteiger partial charge in [-0.05, 0) is 55.0 Å². The number of hydrazone groups is 1. The highest BCUT2D eigenvalue weighted by molar-refractivity contribution is 6.00. The quantitative estimate of drug-likeness (QED) is 0.341. The molecule has 1 aromatic heterocycles. The summed E-state index contributed by atoms with van der Waals surface area (Å²) in [6.07, 6.45) is 3.61. The summed E-state index contributed by atoms with van der Waals surface area (Å²) < 4.78 is 20.7. The molecule has 0 atom stereocenters. The van der Waals surface area contributed by atoms with Crippen LogP contribution in [0.2, 0.25) is 0 Å². The number of nitrogens with zero attached hydrogens (tertiary/aromatic N) is 2. The summed E-state index contributed by atoms with van der Waals surface area (Å²) in [5.74, 6) is 0.170. The first-order chi connectivity index (χ1) is 15.1. The van der Waals surface area contributed by atoms with Crippen molar-refractivity contribution in [3.8, 4) is 5.75 Å². The van der Waals surface area contributed by atoms with E-state index < -0.39 is 0 Å². The maximum Gasteiger partial charge on any atom is 0.271 e. The summed E-state index contributed by atoms with van der Waals surface area (Å²) >= 11 is 0. The van der Waals surface area contributed by atoms with Gasteiger partial charge in [-0.2, -0.15) is 5.10 Å². The summed E-state index contributed by atoms with van der Waals surface area (Å²) in [6.45, 7) is 3.09. The summed E-state index contributed by atoms with van der Waals surface area (Å²) in [5, 5.41) is 5.16. The number of carbonyl (C=O) groups is 1. The topological polar surface area (TPSA) is 55.6 Å². The zero-order chi connectivity index (χ0) is 21.6. The first-order valence-corrected chi connectivity index (χ1v) is 10.0. The molecule has 4 rings (SSSR count). The van der Waals surface area contributed by atoms with Gasteiger partial charge < -0.3 is 9.30 Å². The number of nitrogens with one attached hydrogen (secondary N) is 1. The van der Waals surface area contributed by atoms with Gasteiger partial charge in [0.15, 0.2) is 0 Å². The molecule has 4 aromatic rings. The summed E-state index contributed by atoms with van der Waals surface area (Å²) in [5.41, 5.74) is 5.97. The maximum absolute atomic E-state index is 13.2. The number of halogens is 1. The third-order valence-electron chi connectivity index (χ3n) is 4.88. The van der Waals surface area contributed by atoms with Crippen molar-refractivity contribution in [2.24, 2.45) is 5.10 Å². The van der Waals surface area contributed by atoms with Gasteiger partial charge in [-0.15, -0.1) is 0 Å². The molecule has 0 bridgehead atoms. The van der Waals surface area contributed by atoms with Crippen LogP contribution in [0.25, 0.3) is 10.9 Å². The van der Waals surface area contributed by atoms with E-state index in [0.717, 1.165) is 27.8 Å². The third kappa shape index (κ3) is 4.80. The minimum atomic E-state index is -0.297. The molecule has 0 aliphatic heterocycles. The lowest BCUT2D eigenvalue weighted by molar-refractivity contribution is 0.0955. The molecule has 0 aliphatic carbocycles. The predicted octanol–water partition coefficient (Wildman–Crippen LogP) is 4.99. The van der Waals surface area contributed by atoms with Gasteiger partial charge in [-0.25, -0.2) is 9.82 Å². The van der Waals surface area contributed by atoms with Crippen molar-refractivity contribution in [3.05, 3.63) is 102 Å². The van der Waals surface area contributed by atoms with Crippen LogP contribution in [0.4, 0.5) is 4.39 Å². The first-order valence-electron chi connectivity index (χ1n) is 10.0. The van der Waals surface area contributed by atoms with Crippen molar-refractivity contribution in [1.29, 1.82) is 0 Å². The Kier molecular flexibility index (Phi) is 6.08. The molecule has 0 aliphatic rings. The third-order valence-corrected chi connectivity index (χ3v) is 4.88. The Hall–Kier alpha value is -3.93. The SMILES string of the molecule is CCOc1ccc(C(=O)N/N=C\c2cn(Cc3ccc(F)cc3)c3ccccc23)cc1. The van der Waals surface area contributed by atoms with Crippen molar-refractivity contribution < 1.29 is 13.9 Å². The molecule has 156 valence electrons. The van der Waals surface area contributed by atoms with Gasteiger partial charge in [0.2, 0.25) is 0 Å². The molecule has 0 fully saturated rings. The lowest BCUT2D eigenvalue weighted by Gasteiger charge is -2.05. The second kappa shape index (κ2) is 9.26. The Bertz CT molecular complexity index is 1210. The average Bonchev–Trinajstić information content (AvgIpc) is 3.13. The molecule has 0 saturated carbocycles. The average molecular weight is 415 g/mol. The fourth-order valence-electron chi connectivity index (χ4n) is 3.39. The van der Waals surface area contributed by atoms with Gasteiger partial charge >= 0.3 is 0 Å². The molecule has 1 N–H and O–H groups in total. The standard InChI is InChI=1S/C25H22FN3O2/c1-2-31-22-13-9-19(10-14-22)25(30)28-27-15-20-17-29(24-6-4-3-5-23(20)24)16-18-7-11-21(26)12-8-18/h3-15,17H,2,16H2,1H3,(H,28,30)/b27-15-. The number of fused-ring (bicyclic) bond motifs is 1. The van der Waals surface area contributed by atoms with Crippen LogP contribution in [0, 0.1) is 5.82 Å². The van der Waals surface area contributed by atoms with Crippen LogP contribution in [-0.4, -0.2) is 23.3 Å². The van der Waals surface area contributed by atoms with Gasteiger partial charge in [0.25, 0.3) is 5.91 Å². The monoisotopic (exact) mass is 415 g/mol. The first kappa shape index (κ1) is 20.3. The summed E-state index contributed by atoms with van der Waals surface area (Å²) in [4.78, 5) is 12.3. The molecule has 0 radical (unpaired) electrons. The highest BCUT2D eigenvalue weighted by Gasteiger charge is 2.08. The number of aromatic nitrogens is 1. The molecule has 3 aromatic carbocycles. The molecule has 5 nitrogen and oxygen atoms in total. The summed E-state index contributed by atoms with van der Waals surface area (Å²) in [7, 11) is 0. The van der Waals surface area contributed by atoms with Gasteiger partial charge in [0, 0.05) is 34.8 Å². The van der Waals surface area contributed by atoms with E-state index in [9.17, 15) is 9.18 Å². The van der Waals surface area contributed by atoms with Gasteiger partial charge in [0.1, 0.15) is 11.6 Å². The number of amides is 1. The number of hydrogen-bond acceptors (Lipinski definition) is 3. The number of benzene rings is 3. The smallest absolute Gasteiger partial charge is 0.271 e. The largest absolute Gasteiger partial charge is 0.494 e. The number of carbonyl (C=O) groups excluding carboxylic acids is 1. The van der Waals surface area contributed by atoms with E-state index in [1.165, 1.54) is 12.1 Å². The number of ether oxygens (including phenoxy) is 1. The Morgan fingerprint density at radius 1 is 1.06 bits per heavy atom. The highest BCUT2D eigenvalue weighted by atomic mass is 19.1. The van der Waals surface area contributed by atoms with Crippen molar-refractivity contribution in [3.63, 3.8) is 0 Å². The molecule has 0 saturated heterocycles. The normalized spacial score (nSPS) is 11.2. The zero-order valence-corrected chi connectivity index (χ0v) is 17.1. The fourth-order valence-corrected chi connectivity index (χ4v) is 3.39. The molecule has 0 unspecified atom stereocenters. The van der Waals surface area contributed by atoms with Gasteiger partial charge in [0.05, 0.1) is 12.8 Å². The van der Waals surface area contributed by atoms with Crippen molar-refractivity contribution >= 4 is 23.0 Å². The van der Waals surface area contributed by atoms with E-state index >= 15 is 0 Å². The minimum absolute atomic E-state index is 0.253. The lowest BCUT2D eigenvalue weighted by Crippen LogP contribution is -2.17. The summed E-state index contributed by atoms with van der Waals surface area (Å²) in [6, 6.07) is 21.3. The Morgan fingerprint density at radius 2 is 1.81 bits per heavy atom. The van der Waals surface area contributed by atoms with E-state index in [4.69, 9.17) is 4.74 Å². The second-order valence-electron chi connectivity index (χ2n) is 7.01. The van der Waals surface area contributed by atoms with Crippen LogP contribution in [0.3, 0.4) is 0 Å². The maximum atomic E-state index is 13.2. The van der Waals surface area contributed by atoms with Crippen LogP contribution < -0.4 is 10.2 Å². The van der Waals surface area contributed by atoms with Crippen LogP contribution in [-0.2, 0) is 6.54 Å². The number of para-hydroxylation sites is 1. The van der Waals surface area contributed by atoms with Crippen LogP contribution in [0.5, 0.6) is 5.75 Å². The van der Waals surface area contributed by atoms with E-state index in [1.54, 1.807) is 42.6 Å². The Balaban J connectivity index is 1.50. The molecule has 1 amide bonds. The van der Waals surface area contributed by atoms with Crippen LogP contribution in [0.1, 0.15) is 28.4 Å². The number of rotatable bonds is 7. The van der Waals surface area contributed by atoms with Crippen molar-refractivity contribution in [1.82, 2.24) is 9.99 Å². The van der Waals surface area contributed by atoms with Gasteiger partial charge in [-0.1, -0.05) is 30.3 Å². The Morgan fingerprint density at radius 3 is 2.55 bits per heavy atom. The van der Waals surface area contributed by atoms with Crippen molar-refractivity contribution in [2.45, 2.75) is 13.5 Å². The molecule has 31 heavy (non-hydrogen) atoms. The fraction of sp³-hybridized carbons (Fsp3) is 0.120. The minimum Gasteiger partial charge on any atom is -0.494 e. The highest BCUT2D eigenvalue weighted by Crippen LogP contribution is 2.21. The van der Waals surface area contributed by atoms with Crippen LogP contribution in [0.15, 0.2) is 84.1 Å². The molecule has 0 spiro atoms. The predicted molar refractivity (Wildman–Crippen MR) is 120 cm³/mol. The van der Waals surface area contributed by atoms with Crippen molar-refractivity contribution in [2.75, 3.05) is 6.61 Å². The molecular weight excluding hydrogens is 393 g/mol. The molecule has 6 heteroatoms. The lowest BCUT2D eigenvalue weighted by atomic mass is 10.2. The zero-order valence-electron chi connectivity index (χ0n) is 17.1. The van der Waals surface area contributed by atoms with Crippen LogP contribution >= 0.6 is 0 Å². The molecule has 1 heterocycles. The van der Waals surface area contributed by atoms with Gasteiger partial charge in [-0.3, -0.25) is 4.79 Å². The Labute approximate surface area is 179 Å². The van der Waals surface area contributed by atoms with E-state index in [0.29, 0.717) is 18.7 Å². The number of hydrogen-bond donors (Lipinski definition) is 1. The van der Waals surface area contributed by atoms with E-state index in [1.807, 2.05) is 37.4 Å². The van der Waals surface area contributed by atoms with E-state index in [-0.39, 0.29) is 11.7 Å². The second-order valence-corrected chi connectivity index (χ2v) is 7.01. The molecular formula is C25H22FN3O2.